The number of aromatic nitrogens is 2. The molecule has 0 radical (unpaired) electrons. The van der Waals surface area contributed by atoms with Gasteiger partial charge in [-0.2, -0.15) is 5.06 Å². The van der Waals surface area contributed by atoms with Gasteiger partial charge in [0.25, 0.3) is 15.9 Å². The molecule has 0 spiro atoms. The van der Waals surface area contributed by atoms with Crippen molar-refractivity contribution >= 4 is 48.6 Å². The summed E-state index contributed by atoms with van der Waals surface area (Å²) in [7, 11) is -4.04. The van der Waals surface area contributed by atoms with Crippen molar-refractivity contribution in [3.63, 3.8) is 0 Å². The number of halogens is 1. The van der Waals surface area contributed by atoms with E-state index in [1.165, 1.54) is 18.5 Å². The molecule has 0 unspecified atom stereocenters. The summed E-state index contributed by atoms with van der Waals surface area (Å²) < 4.78 is 29.5. The monoisotopic (exact) mass is 491 g/mol. The number of benzene rings is 2. The van der Waals surface area contributed by atoms with Crippen LogP contribution in [-0.4, -0.2) is 65.6 Å². The first-order valence-corrected chi connectivity index (χ1v) is 11.4. The lowest BCUT2D eigenvalue weighted by Gasteiger charge is -2.31. The van der Waals surface area contributed by atoms with E-state index in [-0.39, 0.29) is 27.6 Å². The van der Waals surface area contributed by atoms with E-state index in [1.807, 2.05) is 0 Å². The van der Waals surface area contributed by atoms with Crippen LogP contribution in [-0.2, 0) is 10.0 Å². The Kier molecular flexibility index (Phi) is 5.69. The lowest BCUT2D eigenvalue weighted by Crippen LogP contribution is -2.47. The van der Waals surface area contributed by atoms with Crippen molar-refractivity contribution in [1.82, 2.24) is 19.9 Å². The minimum Gasteiger partial charge on any atom is -0.336 e. The van der Waals surface area contributed by atoms with Gasteiger partial charge in [0.05, 0.1) is 16.8 Å². The highest BCUT2D eigenvalue weighted by molar-refractivity contribution is 9.10. The minimum absolute atomic E-state index is 0.0274. The molecule has 1 fully saturated rings. The smallest absolute Gasteiger partial charge is 0.264 e. The number of sulfonamides is 1. The summed E-state index contributed by atoms with van der Waals surface area (Å²) in [6.07, 6.45) is 2.92. The van der Waals surface area contributed by atoms with E-state index in [4.69, 9.17) is 0 Å². The fraction of sp³-hybridized carbons (Fsp3) is 0.211. The summed E-state index contributed by atoms with van der Waals surface area (Å²) >= 11 is 3.33. The highest BCUT2D eigenvalue weighted by Gasteiger charge is 2.26. The number of hydrogen-bond acceptors (Lipinski definition) is 7. The molecule has 11 heteroatoms. The predicted molar refractivity (Wildman–Crippen MR) is 114 cm³/mol. The number of rotatable bonds is 4. The molecule has 0 saturated carbocycles. The summed E-state index contributed by atoms with van der Waals surface area (Å²) in [4.78, 5) is 22.9. The van der Waals surface area contributed by atoms with Crippen LogP contribution in [0.3, 0.4) is 0 Å². The maximum atomic E-state index is 13.2. The zero-order valence-corrected chi connectivity index (χ0v) is 18.1. The Bertz CT molecular complexity index is 1210. The fourth-order valence-electron chi connectivity index (χ4n) is 3.24. The van der Waals surface area contributed by atoms with E-state index < -0.39 is 10.0 Å². The first-order valence-electron chi connectivity index (χ1n) is 9.10. The van der Waals surface area contributed by atoms with Crippen molar-refractivity contribution in [3.8, 4) is 0 Å². The van der Waals surface area contributed by atoms with E-state index in [2.05, 4.69) is 30.6 Å². The standard InChI is InChI=1S/C19H18BrN5O4S/c20-13-4-5-14(19(26)24-8-10-25(27)11-9-24)16(12-13)23-30(28,29)17-3-1-2-15-18(17)22-7-6-21-15/h1-7,12,23,27H,8-11H2. The molecule has 3 aromatic rings. The van der Waals surface area contributed by atoms with Crippen molar-refractivity contribution in [2.45, 2.75) is 4.90 Å². The van der Waals surface area contributed by atoms with Gasteiger partial charge in [0.1, 0.15) is 10.4 Å². The third kappa shape index (κ3) is 4.15. The zero-order chi connectivity index (χ0) is 21.3. The van der Waals surface area contributed by atoms with Crippen LogP contribution in [0.1, 0.15) is 10.4 Å². The third-order valence-electron chi connectivity index (χ3n) is 4.75. The number of carbonyl (C=O) groups excluding carboxylic acids is 1. The number of hydroxylamine groups is 2. The van der Waals surface area contributed by atoms with Crippen molar-refractivity contribution in [2.75, 3.05) is 30.9 Å². The number of piperazine rings is 1. The van der Waals surface area contributed by atoms with Crippen molar-refractivity contribution in [3.05, 3.63) is 58.8 Å². The van der Waals surface area contributed by atoms with Gasteiger partial charge in [-0.1, -0.05) is 22.0 Å². The summed E-state index contributed by atoms with van der Waals surface area (Å²) in [6, 6.07) is 9.50. The first-order chi connectivity index (χ1) is 14.3. The van der Waals surface area contributed by atoms with Crippen LogP contribution in [0.25, 0.3) is 11.0 Å². The van der Waals surface area contributed by atoms with Crippen LogP contribution in [0.4, 0.5) is 5.69 Å². The Labute approximate surface area is 181 Å². The quantitative estimate of drug-likeness (QED) is 0.575. The second kappa shape index (κ2) is 8.26. The molecule has 2 aromatic carbocycles. The number of nitrogens with one attached hydrogen (secondary N) is 1. The summed E-state index contributed by atoms with van der Waals surface area (Å²) in [5, 5.41) is 10.7. The normalized spacial score (nSPS) is 15.3. The Morgan fingerprint density at radius 3 is 2.57 bits per heavy atom. The molecule has 1 saturated heterocycles. The van der Waals surface area contributed by atoms with Gasteiger partial charge in [-0.05, 0) is 30.3 Å². The number of para-hydroxylation sites is 1. The van der Waals surface area contributed by atoms with Crippen LogP contribution in [0, 0.1) is 0 Å². The van der Waals surface area contributed by atoms with Gasteiger partial charge in [-0.3, -0.25) is 19.5 Å². The Morgan fingerprint density at radius 2 is 1.80 bits per heavy atom. The van der Waals surface area contributed by atoms with Crippen LogP contribution < -0.4 is 4.72 Å². The van der Waals surface area contributed by atoms with Gasteiger partial charge in [0, 0.05) is 43.0 Å². The van der Waals surface area contributed by atoms with Crippen molar-refractivity contribution in [2.24, 2.45) is 0 Å². The molecule has 0 atom stereocenters. The second-order valence-corrected chi connectivity index (χ2v) is 9.29. The zero-order valence-electron chi connectivity index (χ0n) is 15.7. The maximum absolute atomic E-state index is 13.2. The van der Waals surface area contributed by atoms with Gasteiger partial charge in [0.2, 0.25) is 0 Å². The van der Waals surface area contributed by atoms with E-state index in [9.17, 15) is 18.4 Å². The molecule has 9 nitrogen and oxygen atoms in total. The second-order valence-electron chi connectivity index (χ2n) is 6.72. The number of carbonyl (C=O) groups is 1. The number of nitrogens with zero attached hydrogens (tertiary/aromatic N) is 4. The van der Waals surface area contributed by atoms with E-state index in [0.717, 1.165) is 5.06 Å². The molecular weight excluding hydrogens is 474 g/mol. The largest absolute Gasteiger partial charge is 0.336 e. The molecule has 2 N–H and O–H groups in total. The van der Waals surface area contributed by atoms with Gasteiger partial charge >= 0.3 is 0 Å². The minimum atomic E-state index is -4.04. The summed E-state index contributed by atoms with van der Waals surface area (Å²) in [6.45, 7) is 1.35. The van der Waals surface area contributed by atoms with Gasteiger partial charge in [-0.25, -0.2) is 8.42 Å². The highest BCUT2D eigenvalue weighted by Crippen LogP contribution is 2.27. The SMILES string of the molecule is O=C(c1ccc(Br)cc1NS(=O)(=O)c1cccc2nccnc12)N1CCN(O)CC1. The molecule has 1 aliphatic rings. The highest BCUT2D eigenvalue weighted by atomic mass is 79.9. The Morgan fingerprint density at radius 1 is 1.07 bits per heavy atom. The summed E-state index contributed by atoms with van der Waals surface area (Å²) in [5.41, 5.74) is 1.07. The number of amides is 1. The number of anilines is 1. The molecule has 0 bridgehead atoms. The fourth-order valence-corrected chi connectivity index (χ4v) is 4.84. The average Bonchev–Trinajstić information content (AvgIpc) is 2.73. The number of fused-ring (bicyclic) bond motifs is 1. The lowest BCUT2D eigenvalue weighted by atomic mass is 10.1. The van der Waals surface area contributed by atoms with Crippen LogP contribution in [0.15, 0.2) is 58.2 Å². The molecule has 30 heavy (non-hydrogen) atoms. The van der Waals surface area contributed by atoms with Gasteiger partial charge in [-0.15, -0.1) is 0 Å². The topological polar surface area (TPSA) is 116 Å². The first kappa shape index (κ1) is 20.7. The van der Waals surface area contributed by atoms with Crippen LogP contribution >= 0.6 is 15.9 Å². The van der Waals surface area contributed by atoms with Crippen LogP contribution in [0.2, 0.25) is 0 Å². The average molecular weight is 492 g/mol. The van der Waals surface area contributed by atoms with E-state index in [1.54, 1.807) is 35.2 Å². The number of hydrogen-bond donors (Lipinski definition) is 2. The Hall–Kier alpha value is -2.60. The molecule has 0 aliphatic carbocycles. The predicted octanol–water partition coefficient (Wildman–Crippen LogP) is 2.34. The van der Waals surface area contributed by atoms with Crippen molar-refractivity contribution < 1.29 is 18.4 Å². The van der Waals surface area contributed by atoms with Gasteiger partial charge in [0.15, 0.2) is 0 Å². The van der Waals surface area contributed by atoms with Gasteiger partial charge < -0.3 is 10.1 Å². The van der Waals surface area contributed by atoms with Crippen molar-refractivity contribution in [1.29, 1.82) is 0 Å². The van der Waals surface area contributed by atoms with Crippen LogP contribution in [0.5, 0.6) is 0 Å². The molecular formula is C19H18BrN5O4S. The molecule has 4 rings (SSSR count). The Balaban J connectivity index is 1.70. The third-order valence-corrected chi connectivity index (χ3v) is 6.64. The molecule has 1 aliphatic heterocycles. The lowest BCUT2D eigenvalue weighted by molar-refractivity contribution is -0.112. The maximum Gasteiger partial charge on any atom is 0.264 e. The van der Waals surface area contributed by atoms with E-state index in [0.29, 0.717) is 36.2 Å². The summed E-state index contributed by atoms with van der Waals surface area (Å²) in [5.74, 6) is -0.314. The molecule has 156 valence electrons. The molecule has 2 heterocycles. The van der Waals surface area contributed by atoms with E-state index >= 15 is 0 Å². The molecule has 1 aromatic heterocycles. The molecule has 1 amide bonds.